The number of carbonyl (C=O) groups excluding carboxylic acids is 2. The van der Waals surface area contributed by atoms with Crippen molar-refractivity contribution in [3.05, 3.63) is 70.8 Å². The number of carbonyl (C=O) groups is 3. The summed E-state index contributed by atoms with van der Waals surface area (Å²) in [5, 5.41) is 14.7. The Morgan fingerprint density at radius 2 is 1.71 bits per heavy atom. The Morgan fingerprint density at radius 3 is 2.36 bits per heavy atom. The van der Waals surface area contributed by atoms with Crippen molar-refractivity contribution in [1.29, 1.82) is 0 Å². The fourth-order valence-corrected chi connectivity index (χ4v) is 2.59. The summed E-state index contributed by atoms with van der Waals surface area (Å²) < 4.78 is 0. The molecule has 0 aliphatic heterocycles. The molecule has 2 rings (SSSR count). The maximum absolute atomic E-state index is 12.2. The largest absolute Gasteiger partial charge is 0.478 e. The fraction of sp³-hybridized carbons (Fsp3) is 0.318. The molecule has 1 unspecified atom stereocenters. The molecular weight excluding hydrogens is 356 g/mol. The number of rotatable bonds is 9. The van der Waals surface area contributed by atoms with Crippen LogP contribution in [0.2, 0.25) is 0 Å². The second kappa shape index (κ2) is 10.3. The normalized spacial score (nSPS) is 11.5. The van der Waals surface area contributed by atoms with E-state index in [4.69, 9.17) is 5.11 Å². The fourth-order valence-electron chi connectivity index (χ4n) is 2.59. The SMILES string of the molecule is CCC(C)NC(=O)c1cccc(CNC(=O)CCc2ccc(C(=O)O)cc2)c1. The highest BCUT2D eigenvalue weighted by Crippen LogP contribution is 2.08. The number of hydrogen-bond donors (Lipinski definition) is 3. The summed E-state index contributed by atoms with van der Waals surface area (Å²) in [6.45, 7) is 4.32. The van der Waals surface area contributed by atoms with Gasteiger partial charge in [-0.3, -0.25) is 9.59 Å². The van der Waals surface area contributed by atoms with Crippen molar-refractivity contribution in [2.24, 2.45) is 0 Å². The van der Waals surface area contributed by atoms with Gasteiger partial charge in [-0.15, -0.1) is 0 Å². The van der Waals surface area contributed by atoms with Crippen molar-refractivity contribution >= 4 is 17.8 Å². The minimum atomic E-state index is -0.968. The van der Waals surface area contributed by atoms with Crippen molar-refractivity contribution < 1.29 is 19.5 Å². The van der Waals surface area contributed by atoms with Crippen molar-refractivity contribution in [3.8, 4) is 0 Å². The van der Waals surface area contributed by atoms with Gasteiger partial charge in [-0.1, -0.05) is 31.2 Å². The van der Waals surface area contributed by atoms with Gasteiger partial charge in [-0.25, -0.2) is 4.79 Å². The van der Waals surface area contributed by atoms with E-state index in [1.165, 1.54) is 12.1 Å². The predicted octanol–water partition coefficient (Wildman–Crippen LogP) is 3.16. The Kier molecular flexibility index (Phi) is 7.75. The number of hydrogen-bond acceptors (Lipinski definition) is 3. The van der Waals surface area contributed by atoms with Crippen LogP contribution in [0.25, 0.3) is 0 Å². The Morgan fingerprint density at radius 1 is 1.00 bits per heavy atom. The summed E-state index contributed by atoms with van der Waals surface area (Å²) in [7, 11) is 0. The molecule has 2 amide bonds. The van der Waals surface area contributed by atoms with E-state index in [2.05, 4.69) is 10.6 Å². The zero-order chi connectivity index (χ0) is 20.5. The van der Waals surface area contributed by atoms with Crippen molar-refractivity contribution in [2.75, 3.05) is 0 Å². The summed E-state index contributed by atoms with van der Waals surface area (Å²) in [6.07, 6.45) is 1.70. The summed E-state index contributed by atoms with van der Waals surface area (Å²) in [6, 6.07) is 13.8. The number of aromatic carboxylic acids is 1. The minimum absolute atomic E-state index is 0.100. The van der Waals surface area contributed by atoms with Crippen LogP contribution in [-0.2, 0) is 17.8 Å². The molecule has 6 nitrogen and oxygen atoms in total. The zero-order valence-corrected chi connectivity index (χ0v) is 16.2. The molecule has 0 spiro atoms. The Hall–Kier alpha value is -3.15. The van der Waals surface area contributed by atoms with Gasteiger partial charge in [0.05, 0.1) is 5.56 Å². The van der Waals surface area contributed by atoms with E-state index >= 15 is 0 Å². The van der Waals surface area contributed by atoms with Gasteiger partial charge in [0.1, 0.15) is 0 Å². The molecule has 0 aliphatic carbocycles. The first-order valence-electron chi connectivity index (χ1n) is 9.37. The van der Waals surface area contributed by atoms with Gasteiger partial charge in [-0.05, 0) is 55.2 Å². The van der Waals surface area contributed by atoms with Gasteiger partial charge >= 0.3 is 5.97 Å². The zero-order valence-electron chi connectivity index (χ0n) is 16.2. The lowest BCUT2D eigenvalue weighted by Crippen LogP contribution is -2.32. The molecule has 6 heteroatoms. The third kappa shape index (κ3) is 6.54. The van der Waals surface area contributed by atoms with E-state index in [0.29, 0.717) is 24.9 Å². The molecule has 28 heavy (non-hydrogen) atoms. The standard InChI is InChI=1S/C22H26N2O4/c1-3-15(2)24-21(26)19-6-4-5-17(13-19)14-23-20(25)12-9-16-7-10-18(11-8-16)22(27)28/h4-8,10-11,13,15H,3,9,12,14H2,1-2H3,(H,23,25)(H,24,26)(H,27,28). The van der Waals surface area contributed by atoms with Crippen LogP contribution in [0.1, 0.15) is 58.5 Å². The first-order chi connectivity index (χ1) is 13.4. The number of aryl methyl sites for hydroxylation is 1. The summed E-state index contributed by atoms with van der Waals surface area (Å²) in [4.78, 5) is 35.1. The summed E-state index contributed by atoms with van der Waals surface area (Å²) in [5.74, 6) is -1.19. The molecule has 0 bridgehead atoms. The topological polar surface area (TPSA) is 95.5 Å². The third-order valence-electron chi connectivity index (χ3n) is 4.51. The van der Waals surface area contributed by atoms with Crippen LogP contribution in [0, 0.1) is 0 Å². The number of nitrogens with one attached hydrogen (secondary N) is 2. The van der Waals surface area contributed by atoms with Crippen molar-refractivity contribution in [2.45, 2.75) is 45.7 Å². The van der Waals surface area contributed by atoms with Crippen LogP contribution in [-0.4, -0.2) is 28.9 Å². The van der Waals surface area contributed by atoms with E-state index in [9.17, 15) is 14.4 Å². The third-order valence-corrected chi connectivity index (χ3v) is 4.51. The molecule has 0 aromatic heterocycles. The van der Waals surface area contributed by atoms with Crippen LogP contribution < -0.4 is 10.6 Å². The first kappa shape index (κ1) is 21.2. The monoisotopic (exact) mass is 382 g/mol. The lowest BCUT2D eigenvalue weighted by molar-refractivity contribution is -0.121. The first-order valence-corrected chi connectivity index (χ1v) is 9.37. The van der Waals surface area contributed by atoms with Gasteiger partial charge in [0, 0.05) is 24.6 Å². The molecule has 0 heterocycles. The van der Waals surface area contributed by atoms with Gasteiger partial charge in [0.25, 0.3) is 5.91 Å². The molecule has 0 fully saturated rings. The Balaban J connectivity index is 1.83. The van der Waals surface area contributed by atoms with Crippen molar-refractivity contribution in [1.82, 2.24) is 10.6 Å². The van der Waals surface area contributed by atoms with E-state index in [1.54, 1.807) is 30.3 Å². The quantitative estimate of drug-likeness (QED) is 0.621. The Labute approximate surface area is 165 Å². The Bertz CT molecular complexity index is 831. The molecule has 0 radical (unpaired) electrons. The maximum atomic E-state index is 12.2. The van der Waals surface area contributed by atoms with Gasteiger partial charge in [0.2, 0.25) is 5.91 Å². The molecule has 0 saturated carbocycles. The molecule has 2 aromatic carbocycles. The molecule has 2 aromatic rings. The molecule has 0 aliphatic rings. The highest BCUT2D eigenvalue weighted by molar-refractivity contribution is 5.94. The minimum Gasteiger partial charge on any atom is -0.478 e. The lowest BCUT2D eigenvalue weighted by Gasteiger charge is -2.12. The summed E-state index contributed by atoms with van der Waals surface area (Å²) in [5.41, 5.74) is 2.57. The smallest absolute Gasteiger partial charge is 0.335 e. The number of carboxylic acid groups (broad SMARTS) is 1. The van der Waals surface area contributed by atoms with E-state index in [1.807, 2.05) is 19.9 Å². The number of benzene rings is 2. The maximum Gasteiger partial charge on any atom is 0.335 e. The average molecular weight is 382 g/mol. The van der Waals surface area contributed by atoms with Crippen LogP contribution in [0.4, 0.5) is 0 Å². The van der Waals surface area contributed by atoms with E-state index < -0.39 is 5.97 Å². The molecule has 3 N–H and O–H groups in total. The van der Waals surface area contributed by atoms with Crippen LogP contribution in [0.15, 0.2) is 48.5 Å². The predicted molar refractivity (Wildman–Crippen MR) is 107 cm³/mol. The van der Waals surface area contributed by atoms with E-state index in [0.717, 1.165) is 17.5 Å². The van der Waals surface area contributed by atoms with E-state index in [-0.39, 0.29) is 23.4 Å². The number of amides is 2. The highest BCUT2D eigenvalue weighted by atomic mass is 16.4. The lowest BCUT2D eigenvalue weighted by atomic mass is 10.1. The molecule has 0 saturated heterocycles. The van der Waals surface area contributed by atoms with Gasteiger partial charge < -0.3 is 15.7 Å². The molecule has 1 atom stereocenters. The second-order valence-electron chi connectivity index (χ2n) is 6.76. The van der Waals surface area contributed by atoms with Crippen LogP contribution >= 0.6 is 0 Å². The van der Waals surface area contributed by atoms with Crippen LogP contribution in [0.5, 0.6) is 0 Å². The number of carboxylic acids is 1. The van der Waals surface area contributed by atoms with Crippen molar-refractivity contribution in [3.63, 3.8) is 0 Å². The molecule has 148 valence electrons. The molecular formula is C22H26N2O4. The average Bonchev–Trinajstić information content (AvgIpc) is 2.71. The van der Waals surface area contributed by atoms with Gasteiger partial charge in [0.15, 0.2) is 0 Å². The van der Waals surface area contributed by atoms with Crippen LogP contribution in [0.3, 0.4) is 0 Å². The summed E-state index contributed by atoms with van der Waals surface area (Å²) >= 11 is 0. The van der Waals surface area contributed by atoms with Gasteiger partial charge in [-0.2, -0.15) is 0 Å². The second-order valence-corrected chi connectivity index (χ2v) is 6.76. The highest BCUT2D eigenvalue weighted by Gasteiger charge is 2.10.